The van der Waals surface area contributed by atoms with E-state index in [0.29, 0.717) is 17.7 Å². The van der Waals surface area contributed by atoms with Crippen molar-refractivity contribution < 1.29 is 22.8 Å². The molecule has 37 heavy (non-hydrogen) atoms. The average Bonchev–Trinajstić information content (AvgIpc) is 3.41. The molecule has 1 aromatic heterocycles. The van der Waals surface area contributed by atoms with Crippen molar-refractivity contribution in [2.75, 3.05) is 13.6 Å². The quantitative estimate of drug-likeness (QED) is 0.537. The van der Waals surface area contributed by atoms with E-state index in [4.69, 9.17) is 0 Å². The van der Waals surface area contributed by atoms with Gasteiger partial charge in [-0.2, -0.15) is 13.2 Å². The Kier molecular flexibility index (Phi) is 8.52. The molecule has 1 aliphatic carbocycles. The first-order valence-corrected chi connectivity index (χ1v) is 13.1. The maximum atomic E-state index is 13.9. The Balaban J connectivity index is 1.59. The molecule has 200 valence electrons. The van der Waals surface area contributed by atoms with Gasteiger partial charge in [0.15, 0.2) is 0 Å². The molecule has 9 heteroatoms. The van der Waals surface area contributed by atoms with Crippen LogP contribution in [0.4, 0.5) is 13.2 Å². The number of likely N-dealkylation sites (N-methyl/N-ethyl adjacent to an activating group) is 1. The number of benzene rings is 1. The largest absolute Gasteiger partial charge is 0.416 e. The highest BCUT2D eigenvalue weighted by molar-refractivity contribution is 5.90. The molecule has 1 saturated heterocycles. The first-order valence-electron chi connectivity index (χ1n) is 13.1. The number of pyridine rings is 1. The van der Waals surface area contributed by atoms with Gasteiger partial charge in [-0.3, -0.25) is 14.6 Å². The van der Waals surface area contributed by atoms with Crippen LogP contribution in [0.25, 0.3) is 11.1 Å². The molecule has 3 atom stereocenters. The molecule has 2 aromatic rings. The molecule has 2 amide bonds. The lowest BCUT2D eigenvalue weighted by Crippen LogP contribution is -2.55. The Morgan fingerprint density at radius 1 is 1.03 bits per heavy atom. The summed E-state index contributed by atoms with van der Waals surface area (Å²) in [7, 11) is 1.71. The van der Waals surface area contributed by atoms with E-state index in [1.54, 1.807) is 32.4 Å². The topological polar surface area (TPSA) is 74.3 Å². The SMILES string of the molecule is CN[C@@H](C)C(=O)N[C@H](C(=O)N1CCC[C@H]1c1cncc(-c2cccc(C(F)(F)F)c2)c1)C1CCCCC1. The minimum absolute atomic E-state index is 0.0875. The second-order valence-corrected chi connectivity index (χ2v) is 10.2. The van der Waals surface area contributed by atoms with Crippen molar-refractivity contribution in [2.24, 2.45) is 5.92 Å². The number of rotatable bonds is 7. The molecule has 0 radical (unpaired) electrons. The van der Waals surface area contributed by atoms with Crippen LogP contribution < -0.4 is 10.6 Å². The van der Waals surface area contributed by atoms with E-state index in [9.17, 15) is 22.8 Å². The molecule has 0 unspecified atom stereocenters. The Bertz CT molecular complexity index is 1100. The normalized spacial score (nSPS) is 20.5. The number of hydrogen-bond acceptors (Lipinski definition) is 4. The standard InChI is InChI=1S/C28H35F3N4O2/c1-18(32-2)26(36)34-25(19-8-4-3-5-9-19)27(37)35-13-7-12-24(35)22-14-21(16-33-17-22)20-10-6-11-23(15-20)28(29,30)31/h6,10-11,14-19,24-25,32H,3-5,7-9,12-13H2,1-2H3,(H,34,36)/t18-,24-,25-/m0/s1. The van der Waals surface area contributed by atoms with Crippen LogP contribution in [0.2, 0.25) is 0 Å². The minimum Gasteiger partial charge on any atom is -0.343 e. The maximum absolute atomic E-state index is 13.9. The van der Waals surface area contributed by atoms with Crippen LogP contribution in [0.15, 0.2) is 42.7 Å². The smallest absolute Gasteiger partial charge is 0.343 e. The van der Waals surface area contributed by atoms with Gasteiger partial charge in [-0.05, 0) is 74.9 Å². The van der Waals surface area contributed by atoms with Gasteiger partial charge in [0.2, 0.25) is 11.8 Å². The molecule has 0 bridgehead atoms. The predicted octanol–water partition coefficient (Wildman–Crippen LogP) is 5.10. The van der Waals surface area contributed by atoms with Crippen LogP contribution in [0.5, 0.6) is 0 Å². The van der Waals surface area contributed by atoms with Crippen LogP contribution in [0.3, 0.4) is 0 Å². The van der Waals surface area contributed by atoms with Gasteiger partial charge in [-0.1, -0.05) is 31.4 Å². The van der Waals surface area contributed by atoms with E-state index in [2.05, 4.69) is 15.6 Å². The van der Waals surface area contributed by atoms with Gasteiger partial charge in [-0.15, -0.1) is 0 Å². The molecular formula is C28H35F3N4O2. The van der Waals surface area contributed by atoms with E-state index in [1.807, 2.05) is 11.0 Å². The van der Waals surface area contributed by atoms with Crippen LogP contribution in [0, 0.1) is 5.92 Å². The van der Waals surface area contributed by atoms with Gasteiger partial charge < -0.3 is 15.5 Å². The molecule has 2 fully saturated rings. The van der Waals surface area contributed by atoms with Gasteiger partial charge >= 0.3 is 6.18 Å². The number of aromatic nitrogens is 1. The number of carbonyl (C=O) groups excluding carboxylic acids is 2. The first-order chi connectivity index (χ1) is 17.7. The minimum atomic E-state index is -4.43. The number of nitrogens with zero attached hydrogens (tertiary/aromatic N) is 2. The van der Waals surface area contributed by atoms with Gasteiger partial charge in [0.05, 0.1) is 17.6 Å². The summed E-state index contributed by atoms with van der Waals surface area (Å²) in [6, 6.07) is 5.77. The van der Waals surface area contributed by atoms with E-state index in [-0.39, 0.29) is 23.8 Å². The average molecular weight is 517 g/mol. The highest BCUT2D eigenvalue weighted by Crippen LogP contribution is 2.37. The number of halogens is 3. The van der Waals surface area contributed by atoms with Gasteiger partial charge in [0.1, 0.15) is 6.04 Å². The van der Waals surface area contributed by atoms with Gasteiger partial charge in [0, 0.05) is 24.5 Å². The summed E-state index contributed by atoms with van der Waals surface area (Å²) in [5, 5.41) is 5.96. The Morgan fingerprint density at radius 2 is 1.78 bits per heavy atom. The van der Waals surface area contributed by atoms with E-state index in [0.717, 1.165) is 62.6 Å². The number of amides is 2. The van der Waals surface area contributed by atoms with Crippen molar-refractivity contribution >= 4 is 11.8 Å². The van der Waals surface area contributed by atoms with E-state index in [1.165, 1.54) is 6.07 Å². The lowest BCUT2D eigenvalue weighted by atomic mass is 9.83. The fourth-order valence-corrected chi connectivity index (χ4v) is 5.49. The van der Waals surface area contributed by atoms with E-state index >= 15 is 0 Å². The molecule has 0 spiro atoms. The summed E-state index contributed by atoms with van der Waals surface area (Å²) < 4.78 is 39.7. The zero-order valence-corrected chi connectivity index (χ0v) is 21.4. The monoisotopic (exact) mass is 516 g/mol. The van der Waals surface area contributed by atoms with Crippen molar-refractivity contribution in [3.63, 3.8) is 0 Å². The third kappa shape index (κ3) is 6.32. The van der Waals surface area contributed by atoms with Gasteiger partial charge in [-0.25, -0.2) is 0 Å². The van der Waals surface area contributed by atoms with Crippen LogP contribution in [0.1, 0.15) is 69.0 Å². The third-order valence-electron chi connectivity index (χ3n) is 7.71. The summed E-state index contributed by atoms with van der Waals surface area (Å²) >= 11 is 0. The maximum Gasteiger partial charge on any atom is 0.416 e. The van der Waals surface area contributed by atoms with Crippen molar-refractivity contribution in [1.82, 2.24) is 20.5 Å². The zero-order chi connectivity index (χ0) is 26.6. The summed E-state index contributed by atoms with van der Waals surface area (Å²) in [6.45, 7) is 2.33. The Morgan fingerprint density at radius 3 is 2.49 bits per heavy atom. The Labute approximate surface area is 216 Å². The summed E-state index contributed by atoms with van der Waals surface area (Å²) in [4.78, 5) is 32.8. The van der Waals surface area contributed by atoms with E-state index < -0.39 is 23.8 Å². The summed E-state index contributed by atoms with van der Waals surface area (Å²) in [5.74, 6) is -0.198. The van der Waals surface area contributed by atoms with Crippen LogP contribution in [-0.2, 0) is 15.8 Å². The molecular weight excluding hydrogens is 481 g/mol. The number of nitrogens with one attached hydrogen (secondary N) is 2. The fraction of sp³-hybridized carbons (Fsp3) is 0.536. The number of carbonyl (C=O) groups is 2. The van der Waals surface area contributed by atoms with Crippen LogP contribution >= 0.6 is 0 Å². The molecule has 6 nitrogen and oxygen atoms in total. The molecule has 1 saturated carbocycles. The zero-order valence-electron chi connectivity index (χ0n) is 21.4. The predicted molar refractivity (Wildman–Crippen MR) is 135 cm³/mol. The lowest BCUT2D eigenvalue weighted by Gasteiger charge is -2.35. The van der Waals surface area contributed by atoms with Crippen molar-refractivity contribution in [1.29, 1.82) is 0 Å². The number of likely N-dealkylation sites (tertiary alicyclic amines) is 1. The van der Waals surface area contributed by atoms with Crippen molar-refractivity contribution in [2.45, 2.75) is 76.2 Å². The first kappa shape index (κ1) is 27.1. The van der Waals surface area contributed by atoms with Crippen LogP contribution in [-0.4, -0.2) is 47.4 Å². The highest BCUT2D eigenvalue weighted by atomic mass is 19.4. The lowest BCUT2D eigenvalue weighted by molar-refractivity contribution is -0.139. The number of alkyl halides is 3. The highest BCUT2D eigenvalue weighted by Gasteiger charge is 2.39. The van der Waals surface area contributed by atoms with Gasteiger partial charge in [0.25, 0.3) is 0 Å². The summed E-state index contributed by atoms with van der Waals surface area (Å²) in [6.07, 6.45) is 5.36. The Hall–Kier alpha value is -2.94. The van der Waals surface area contributed by atoms with Crippen molar-refractivity contribution in [3.05, 3.63) is 53.9 Å². The fourth-order valence-electron chi connectivity index (χ4n) is 5.49. The molecule has 4 rings (SSSR count). The summed E-state index contributed by atoms with van der Waals surface area (Å²) in [5.41, 5.74) is 1.07. The number of hydrogen-bond donors (Lipinski definition) is 2. The second kappa shape index (κ2) is 11.6. The molecule has 2 heterocycles. The molecule has 2 N–H and O–H groups in total. The molecule has 1 aromatic carbocycles. The third-order valence-corrected chi connectivity index (χ3v) is 7.71. The second-order valence-electron chi connectivity index (χ2n) is 10.2. The molecule has 1 aliphatic heterocycles. The van der Waals surface area contributed by atoms with Crippen molar-refractivity contribution in [3.8, 4) is 11.1 Å². The molecule has 2 aliphatic rings.